The molecule has 1 heterocycles. The summed E-state index contributed by atoms with van der Waals surface area (Å²) >= 11 is 4.78. The van der Waals surface area contributed by atoms with E-state index < -0.39 is 0 Å². The van der Waals surface area contributed by atoms with Gasteiger partial charge in [0.1, 0.15) is 18.2 Å². The van der Waals surface area contributed by atoms with Gasteiger partial charge in [-0.05, 0) is 95.6 Å². The van der Waals surface area contributed by atoms with Gasteiger partial charge >= 0.3 is 0 Å². The number of hydrogen-bond acceptors (Lipinski definition) is 5. The largest absolute Gasteiger partial charge is 0.490 e. The van der Waals surface area contributed by atoms with E-state index in [9.17, 15) is 13.6 Å². The van der Waals surface area contributed by atoms with Crippen molar-refractivity contribution in [3.63, 3.8) is 0 Å². The van der Waals surface area contributed by atoms with E-state index in [1.165, 1.54) is 30.0 Å². The Balaban J connectivity index is 1.61. The lowest BCUT2D eigenvalue weighted by atomic mass is 10.1. The first-order chi connectivity index (χ1) is 17.4. The molecule has 9 heteroatoms. The van der Waals surface area contributed by atoms with E-state index in [1.807, 2.05) is 19.9 Å². The molecule has 1 fully saturated rings. The minimum absolute atomic E-state index is 0.0365. The fourth-order valence-corrected chi connectivity index (χ4v) is 5.12. The number of likely N-dealkylation sites (N-methyl/N-ethyl adjacent to an activating group) is 1. The Morgan fingerprint density at radius 2 is 1.81 bits per heavy atom. The molecular formula is C27H23BrF2N2O3S. The lowest BCUT2D eigenvalue weighted by Crippen LogP contribution is -2.28. The van der Waals surface area contributed by atoms with Crippen LogP contribution in [0, 0.1) is 11.6 Å². The quantitative estimate of drug-likeness (QED) is 0.265. The van der Waals surface area contributed by atoms with E-state index in [1.54, 1.807) is 47.4 Å². The van der Waals surface area contributed by atoms with Crippen LogP contribution in [0.15, 0.2) is 75.0 Å². The van der Waals surface area contributed by atoms with Gasteiger partial charge in [0.2, 0.25) is 0 Å². The number of hydrogen-bond donors (Lipinski definition) is 0. The zero-order valence-electron chi connectivity index (χ0n) is 19.6. The highest BCUT2D eigenvalue weighted by molar-refractivity contribution is 9.10. The number of amidine groups is 1. The zero-order valence-corrected chi connectivity index (χ0v) is 22.0. The van der Waals surface area contributed by atoms with Crippen LogP contribution in [0.1, 0.15) is 25.0 Å². The average molecular weight is 573 g/mol. The first-order valence-electron chi connectivity index (χ1n) is 11.3. The third-order valence-corrected chi connectivity index (χ3v) is 6.81. The van der Waals surface area contributed by atoms with Crippen LogP contribution in [-0.4, -0.2) is 29.1 Å². The van der Waals surface area contributed by atoms with Crippen LogP contribution < -0.4 is 9.47 Å². The molecule has 1 saturated heterocycles. The molecule has 1 amide bonds. The number of ether oxygens (including phenoxy) is 2. The van der Waals surface area contributed by atoms with Crippen LogP contribution in [0.4, 0.5) is 14.5 Å². The predicted octanol–water partition coefficient (Wildman–Crippen LogP) is 7.33. The summed E-state index contributed by atoms with van der Waals surface area (Å²) in [7, 11) is 0. The van der Waals surface area contributed by atoms with Crippen LogP contribution in [0.25, 0.3) is 6.08 Å². The summed E-state index contributed by atoms with van der Waals surface area (Å²) < 4.78 is 39.6. The van der Waals surface area contributed by atoms with Crippen LogP contribution >= 0.6 is 27.7 Å². The van der Waals surface area contributed by atoms with Crippen molar-refractivity contribution >= 4 is 50.5 Å². The van der Waals surface area contributed by atoms with Crippen LogP contribution in [0.2, 0.25) is 0 Å². The van der Waals surface area contributed by atoms with E-state index in [-0.39, 0.29) is 24.1 Å². The minimum atomic E-state index is -0.348. The Hall–Kier alpha value is -3.17. The van der Waals surface area contributed by atoms with Crippen molar-refractivity contribution < 1.29 is 23.0 Å². The Morgan fingerprint density at radius 1 is 1.06 bits per heavy atom. The fourth-order valence-electron chi connectivity index (χ4n) is 3.49. The van der Waals surface area contributed by atoms with Gasteiger partial charge in [0, 0.05) is 12.1 Å². The van der Waals surface area contributed by atoms with Gasteiger partial charge in [-0.2, -0.15) is 0 Å². The van der Waals surface area contributed by atoms with Gasteiger partial charge in [0.05, 0.1) is 21.7 Å². The Morgan fingerprint density at radius 3 is 2.50 bits per heavy atom. The summed E-state index contributed by atoms with van der Waals surface area (Å²) in [5.74, 6) is 0.0547. The average Bonchev–Trinajstić information content (AvgIpc) is 3.14. The molecule has 0 radical (unpaired) electrons. The molecule has 3 aromatic carbocycles. The molecule has 0 atom stereocenters. The molecular weight excluding hydrogens is 550 g/mol. The highest BCUT2D eigenvalue weighted by atomic mass is 79.9. The van der Waals surface area contributed by atoms with Crippen molar-refractivity contribution in [2.24, 2.45) is 4.99 Å². The number of rotatable bonds is 8. The van der Waals surface area contributed by atoms with Crippen molar-refractivity contribution in [2.75, 3.05) is 13.2 Å². The van der Waals surface area contributed by atoms with Crippen molar-refractivity contribution in [1.29, 1.82) is 0 Å². The SMILES string of the molecule is CCOc1cc(/C=C2/SC(=Nc3ccc(F)cc3)N(CC)C2=O)cc(Br)c1OCc1ccccc1F. The number of halogens is 3. The first-order valence-corrected chi connectivity index (χ1v) is 12.9. The number of carbonyl (C=O) groups is 1. The second-order valence-corrected chi connectivity index (χ2v) is 9.54. The lowest BCUT2D eigenvalue weighted by Gasteiger charge is -2.15. The third-order valence-electron chi connectivity index (χ3n) is 5.21. The maximum Gasteiger partial charge on any atom is 0.266 e. The molecule has 3 aromatic rings. The monoisotopic (exact) mass is 572 g/mol. The third kappa shape index (κ3) is 5.96. The molecule has 0 bridgehead atoms. The summed E-state index contributed by atoms with van der Waals surface area (Å²) in [4.78, 5) is 19.6. The highest BCUT2D eigenvalue weighted by Crippen LogP contribution is 2.40. The molecule has 1 aliphatic rings. The summed E-state index contributed by atoms with van der Waals surface area (Å²) in [5, 5.41) is 0.522. The maximum atomic E-state index is 14.0. The Kier molecular flexibility index (Phi) is 8.43. The standard InChI is InChI=1S/C27H23BrF2N2O3S/c1-3-32-26(33)24(36-27(32)31-20-11-9-19(29)10-12-20)15-17-13-21(28)25(23(14-17)34-4-2)35-16-18-7-5-6-8-22(18)30/h5-15H,3-4,16H2,1-2H3/b24-15+,31-27?. The summed E-state index contributed by atoms with van der Waals surface area (Å²) in [6, 6.07) is 15.8. The van der Waals surface area contributed by atoms with E-state index in [0.717, 1.165) is 5.56 Å². The van der Waals surface area contributed by atoms with Crippen LogP contribution in [-0.2, 0) is 11.4 Å². The summed E-state index contributed by atoms with van der Waals surface area (Å²) in [6.45, 7) is 4.60. The van der Waals surface area contributed by atoms with Crippen molar-refractivity contribution in [2.45, 2.75) is 20.5 Å². The van der Waals surface area contributed by atoms with E-state index in [4.69, 9.17) is 9.47 Å². The van der Waals surface area contributed by atoms with E-state index in [2.05, 4.69) is 20.9 Å². The molecule has 0 aromatic heterocycles. The lowest BCUT2D eigenvalue weighted by molar-refractivity contribution is -0.122. The normalized spacial score (nSPS) is 15.7. The fraction of sp³-hybridized carbons (Fsp3) is 0.185. The van der Waals surface area contributed by atoms with Gasteiger partial charge in [-0.15, -0.1) is 0 Å². The summed E-state index contributed by atoms with van der Waals surface area (Å²) in [5.41, 5.74) is 1.71. The van der Waals surface area contributed by atoms with Gasteiger partial charge in [-0.25, -0.2) is 13.8 Å². The Labute approximate surface area is 221 Å². The van der Waals surface area contributed by atoms with Gasteiger partial charge in [0.25, 0.3) is 5.91 Å². The molecule has 5 nitrogen and oxygen atoms in total. The highest BCUT2D eigenvalue weighted by Gasteiger charge is 2.32. The molecule has 0 saturated carbocycles. The second-order valence-electron chi connectivity index (χ2n) is 7.67. The van der Waals surface area contributed by atoms with E-state index in [0.29, 0.717) is 50.4 Å². The van der Waals surface area contributed by atoms with Crippen molar-refractivity contribution in [3.8, 4) is 11.5 Å². The Bertz CT molecular complexity index is 1330. The molecule has 0 spiro atoms. The van der Waals surface area contributed by atoms with Gasteiger partial charge in [0.15, 0.2) is 16.7 Å². The number of thioether (sulfide) groups is 1. The molecule has 4 rings (SSSR count). The topological polar surface area (TPSA) is 51.1 Å². The summed E-state index contributed by atoms with van der Waals surface area (Å²) in [6.07, 6.45) is 1.76. The van der Waals surface area contributed by atoms with Gasteiger partial charge < -0.3 is 9.47 Å². The number of benzene rings is 3. The number of aliphatic imine (C=N–C) groups is 1. The number of nitrogens with zero attached hydrogens (tertiary/aromatic N) is 2. The molecule has 1 aliphatic heterocycles. The molecule has 0 unspecified atom stereocenters. The smallest absolute Gasteiger partial charge is 0.266 e. The van der Waals surface area contributed by atoms with Crippen molar-refractivity contribution in [1.82, 2.24) is 4.90 Å². The molecule has 0 aliphatic carbocycles. The molecule has 186 valence electrons. The van der Waals surface area contributed by atoms with E-state index >= 15 is 0 Å². The van der Waals surface area contributed by atoms with Crippen LogP contribution in [0.5, 0.6) is 11.5 Å². The minimum Gasteiger partial charge on any atom is -0.490 e. The molecule has 36 heavy (non-hydrogen) atoms. The van der Waals surface area contributed by atoms with Gasteiger partial charge in [-0.3, -0.25) is 9.69 Å². The van der Waals surface area contributed by atoms with Crippen LogP contribution in [0.3, 0.4) is 0 Å². The number of amides is 1. The number of carbonyl (C=O) groups excluding carboxylic acids is 1. The zero-order chi connectivity index (χ0) is 25.7. The predicted molar refractivity (Wildman–Crippen MR) is 142 cm³/mol. The second kappa shape index (κ2) is 11.7. The first kappa shape index (κ1) is 25.9. The van der Waals surface area contributed by atoms with Crippen molar-refractivity contribution in [3.05, 3.63) is 92.8 Å². The maximum absolute atomic E-state index is 14.0. The molecule has 0 N–H and O–H groups in total. The van der Waals surface area contributed by atoms with Gasteiger partial charge in [-0.1, -0.05) is 18.2 Å².